The molecule has 52 valence electrons. The SMILES string of the molecule is CO.O=S([O-])S(=O)[O-].[Na+].[Na+]. The zero-order valence-electron chi connectivity index (χ0n) is 5.90. The third-order valence-corrected chi connectivity index (χ3v) is 1.00. The van der Waals surface area contributed by atoms with Gasteiger partial charge < -0.3 is 14.2 Å². The summed E-state index contributed by atoms with van der Waals surface area (Å²) in [5.41, 5.74) is 0. The second kappa shape index (κ2) is 17.3. The van der Waals surface area contributed by atoms with E-state index >= 15 is 0 Å². The Morgan fingerprint density at radius 1 is 1.00 bits per heavy atom. The summed E-state index contributed by atoms with van der Waals surface area (Å²) in [5, 5.41) is 7.00. The van der Waals surface area contributed by atoms with Crippen LogP contribution in [0.25, 0.3) is 0 Å². The molecule has 0 aliphatic heterocycles. The molecular weight excluding hydrogens is 202 g/mol. The number of rotatable bonds is 1. The maximum absolute atomic E-state index is 9.09. The van der Waals surface area contributed by atoms with Crippen molar-refractivity contribution in [1.29, 1.82) is 0 Å². The number of hydrogen-bond acceptors (Lipinski definition) is 5. The van der Waals surface area contributed by atoms with Crippen LogP contribution in [-0.4, -0.2) is 29.7 Å². The van der Waals surface area contributed by atoms with Crippen molar-refractivity contribution in [3.05, 3.63) is 0 Å². The Labute approximate surface area is 108 Å². The Balaban J connectivity index is -0.0000000412. The van der Waals surface area contributed by atoms with Crippen LogP contribution in [-0.2, 0) is 20.2 Å². The maximum atomic E-state index is 9.09. The molecule has 0 saturated heterocycles. The third-order valence-electron chi connectivity index (χ3n) is 0.111. The van der Waals surface area contributed by atoms with Gasteiger partial charge in [0.2, 0.25) is 0 Å². The summed E-state index contributed by atoms with van der Waals surface area (Å²) in [5.74, 6) is 0. The summed E-state index contributed by atoms with van der Waals surface area (Å²) in [7, 11) is -4.90. The van der Waals surface area contributed by atoms with Gasteiger partial charge in [0.05, 0.1) is 0 Å². The molecule has 0 aliphatic rings. The fraction of sp³-hybridized carbons (Fsp3) is 1.00. The van der Waals surface area contributed by atoms with Crippen molar-refractivity contribution >= 4 is 20.2 Å². The molecule has 1 N–H and O–H groups in total. The molecule has 0 aromatic carbocycles. The van der Waals surface area contributed by atoms with Gasteiger partial charge in [0.15, 0.2) is 0 Å². The standard InChI is InChI=1S/CH4O.2Na.H2O4S2/c1-2;;;1-5(2)6(3)4/h2H,1H3;;;(H,1,2)(H,3,4)/q;2*+1;/p-2. The smallest absolute Gasteiger partial charge is 0.763 e. The summed E-state index contributed by atoms with van der Waals surface area (Å²) in [4.78, 5) is 0. The molecule has 0 heterocycles. The van der Waals surface area contributed by atoms with Gasteiger partial charge in [-0.1, -0.05) is 0 Å². The van der Waals surface area contributed by atoms with Gasteiger partial charge >= 0.3 is 59.1 Å². The van der Waals surface area contributed by atoms with Crippen LogP contribution in [0.4, 0.5) is 0 Å². The Hall–Kier alpha value is 2.18. The van der Waals surface area contributed by atoms with E-state index in [1.807, 2.05) is 0 Å². The Kier molecular flexibility index (Phi) is 39.4. The van der Waals surface area contributed by atoms with Gasteiger partial charge in [-0.05, 0) is 0 Å². The van der Waals surface area contributed by atoms with E-state index in [0.29, 0.717) is 0 Å². The van der Waals surface area contributed by atoms with Gasteiger partial charge in [-0.15, -0.1) is 0 Å². The quantitative estimate of drug-likeness (QED) is 0.261. The monoisotopic (exact) mass is 206 g/mol. The predicted octanol–water partition coefficient (Wildman–Crippen LogP) is -7.72. The van der Waals surface area contributed by atoms with E-state index in [2.05, 4.69) is 0 Å². The molecule has 0 aromatic heterocycles. The molecule has 0 rings (SSSR count). The molecule has 2 unspecified atom stereocenters. The van der Waals surface area contributed by atoms with Crippen LogP contribution in [0.15, 0.2) is 0 Å². The first-order valence-corrected chi connectivity index (χ1v) is 3.95. The van der Waals surface area contributed by atoms with E-state index in [1.165, 1.54) is 0 Å². The molecular formula is CH4Na2O5S2. The second-order valence-electron chi connectivity index (χ2n) is 0.408. The van der Waals surface area contributed by atoms with Gasteiger partial charge in [-0.25, -0.2) is 0 Å². The fourth-order valence-corrected chi connectivity index (χ4v) is 0. The average molecular weight is 206 g/mol. The summed E-state index contributed by atoms with van der Waals surface area (Å²) in [6.45, 7) is 0. The van der Waals surface area contributed by atoms with Crippen LogP contribution >= 0.6 is 0 Å². The van der Waals surface area contributed by atoms with Crippen LogP contribution in [0.1, 0.15) is 0 Å². The summed E-state index contributed by atoms with van der Waals surface area (Å²) in [6.07, 6.45) is 0. The zero-order valence-corrected chi connectivity index (χ0v) is 11.5. The van der Waals surface area contributed by atoms with Crippen molar-refractivity contribution in [3.63, 3.8) is 0 Å². The zero-order chi connectivity index (χ0) is 7.15. The summed E-state index contributed by atoms with van der Waals surface area (Å²) < 4.78 is 36.3. The third kappa shape index (κ3) is 22.5. The molecule has 2 atom stereocenters. The minimum Gasteiger partial charge on any atom is -0.763 e. The van der Waals surface area contributed by atoms with Gasteiger partial charge in [0.25, 0.3) is 0 Å². The Morgan fingerprint density at radius 3 is 1.10 bits per heavy atom. The normalized spacial score (nSPS) is 12.4. The van der Waals surface area contributed by atoms with Crippen molar-refractivity contribution < 1.29 is 81.7 Å². The first kappa shape index (κ1) is 22.8. The minimum absolute atomic E-state index is 0. The first-order chi connectivity index (χ1) is 3.64. The molecule has 0 aliphatic carbocycles. The molecule has 0 fully saturated rings. The van der Waals surface area contributed by atoms with Crippen molar-refractivity contribution in [1.82, 2.24) is 0 Å². The maximum Gasteiger partial charge on any atom is 1.00 e. The second-order valence-corrected chi connectivity index (χ2v) is 2.86. The van der Waals surface area contributed by atoms with E-state index in [9.17, 15) is 0 Å². The Morgan fingerprint density at radius 2 is 1.10 bits per heavy atom. The molecule has 0 radical (unpaired) electrons. The molecule has 0 bridgehead atoms. The molecule has 0 aromatic rings. The molecule has 0 saturated carbocycles. The number of aliphatic hydroxyl groups is 1. The van der Waals surface area contributed by atoms with Crippen LogP contribution in [0.2, 0.25) is 0 Å². The van der Waals surface area contributed by atoms with Crippen LogP contribution in [0.3, 0.4) is 0 Å². The van der Waals surface area contributed by atoms with Crippen LogP contribution < -0.4 is 59.1 Å². The fourth-order valence-electron chi connectivity index (χ4n) is 0. The summed E-state index contributed by atoms with van der Waals surface area (Å²) in [6, 6.07) is 0. The minimum atomic E-state index is -2.95. The summed E-state index contributed by atoms with van der Waals surface area (Å²) >= 11 is 0. The van der Waals surface area contributed by atoms with Crippen molar-refractivity contribution in [3.8, 4) is 0 Å². The van der Waals surface area contributed by atoms with Crippen LogP contribution in [0, 0.1) is 0 Å². The molecule has 9 heteroatoms. The van der Waals surface area contributed by atoms with Crippen molar-refractivity contribution in [2.75, 3.05) is 7.11 Å². The largest absolute Gasteiger partial charge is 1.00 e. The van der Waals surface area contributed by atoms with E-state index in [1.54, 1.807) is 0 Å². The topological polar surface area (TPSA) is 100 Å². The molecule has 5 nitrogen and oxygen atoms in total. The average Bonchev–Trinajstić information content (AvgIpc) is 1.72. The van der Waals surface area contributed by atoms with Crippen molar-refractivity contribution in [2.45, 2.75) is 0 Å². The van der Waals surface area contributed by atoms with E-state index < -0.39 is 20.2 Å². The van der Waals surface area contributed by atoms with E-state index in [0.717, 1.165) is 7.11 Å². The van der Waals surface area contributed by atoms with E-state index in [-0.39, 0.29) is 59.1 Å². The van der Waals surface area contributed by atoms with Gasteiger partial charge in [0, 0.05) is 27.3 Å². The van der Waals surface area contributed by atoms with Gasteiger partial charge in [-0.2, -0.15) is 0 Å². The van der Waals surface area contributed by atoms with Crippen molar-refractivity contribution in [2.24, 2.45) is 0 Å². The Bertz CT molecular complexity index is 83.6. The predicted molar refractivity (Wildman–Crippen MR) is 26.0 cm³/mol. The van der Waals surface area contributed by atoms with Gasteiger partial charge in [0.1, 0.15) is 0 Å². The molecule has 0 amide bonds. The number of hydrogen-bond donors (Lipinski definition) is 1. The van der Waals surface area contributed by atoms with Gasteiger partial charge in [-0.3, -0.25) is 8.42 Å². The van der Waals surface area contributed by atoms with E-state index in [4.69, 9.17) is 22.6 Å². The number of aliphatic hydroxyl groups excluding tert-OH is 1. The molecule has 0 spiro atoms. The first-order valence-electron chi connectivity index (χ1n) is 1.28. The van der Waals surface area contributed by atoms with Crippen LogP contribution in [0.5, 0.6) is 0 Å². The molecule has 10 heavy (non-hydrogen) atoms.